The number of nitro groups is 2. The molecule has 0 radical (unpaired) electrons. The molecular weight excluding hydrogens is 732 g/mol. The first-order valence-corrected chi connectivity index (χ1v) is 16.2. The van der Waals surface area contributed by atoms with Crippen LogP contribution < -0.4 is 14.2 Å². The highest BCUT2D eigenvalue weighted by molar-refractivity contribution is 6.03. The van der Waals surface area contributed by atoms with Crippen molar-refractivity contribution < 1.29 is 58.8 Å². The average molecular weight is 759 g/mol. The number of non-ortho nitro benzene ring substituents is 2. The molecule has 6 rings (SSSR count). The van der Waals surface area contributed by atoms with Crippen molar-refractivity contribution in [2.45, 2.75) is 6.10 Å². The van der Waals surface area contributed by atoms with Gasteiger partial charge >= 0.3 is 17.9 Å². The Bertz CT molecular complexity index is 2450. The summed E-state index contributed by atoms with van der Waals surface area (Å²) in [5.41, 5.74) is -0.0423. The van der Waals surface area contributed by atoms with Gasteiger partial charge in [0.15, 0.2) is 0 Å². The number of aromatic carboxylic acids is 2. The lowest BCUT2D eigenvalue weighted by Crippen LogP contribution is -2.14. The molecule has 0 saturated carbocycles. The van der Waals surface area contributed by atoms with Gasteiger partial charge in [-0.25, -0.2) is 19.3 Å². The molecular formula is C40H26N2O14. The van der Waals surface area contributed by atoms with Crippen molar-refractivity contribution in [3.63, 3.8) is 0 Å². The standard InChI is InChI=1S/C40H26N2O14/c43-38(44)33-19-7-26(41(48)49)21-35(33)37(56-52)25-5-13-30(14-6-25)53-28-9-1-23(2-10-28)24-3-11-29(12-4-24)54-31-15-17-32(18-16-31)55-40(47)36-22-27(42(50)51)8-20-34(36)39(45)46/h1-22,37,52H,(H,43,44)(H,45,46). The maximum Gasteiger partial charge on any atom is 0.344 e. The summed E-state index contributed by atoms with van der Waals surface area (Å²) in [6, 6.07) is 32.5. The number of benzene rings is 6. The van der Waals surface area contributed by atoms with Crippen LogP contribution in [0.25, 0.3) is 11.1 Å². The maximum absolute atomic E-state index is 12.7. The Kier molecular flexibility index (Phi) is 11.1. The normalized spacial score (nSPS) is 11.2. The van der Waals surface area contributed by atoms with Gasteiger partial charge in [-0.1, -0.05) is 36.4 Å². The Morgan fingerprint density at radius 3 is 1.38 bits per heavy atom. The fraction of sp³-hybridized carbons (Fsp3) is 0.0250. The minimum absolute atomic E-state index is 0.0594. The van der Waals surface area contributed by atoms with Crippen LogP contribution in [-0.2, 0) is 4.89 Å². The molecule has 0 bridgehead atoms. The first-order valence-electron chi connectivity index (χ1n) is 16.2. The van der Waals surface area contributed by atoms with Gasteiger partial charge in [0.05, 0.1) is 26.5 Å². The number of carboxylic acids is 2. The molecule has 0 aliphatic heterocycles. The van der Waals surface area contributed by atoms with Gasteiger partial charge in [-0.2, -0.15) is 0 Å². The summed E-state index contributed by atoms with van der Waals surface area (Å²) in [5.74, 6) is -1.98. The van der Waals surface area contributed by atoms with E-state index in [9.17, 15) is 50.1 Å². The number of hydrogen-bond acceptors (Lipinski definition) is 12. The smallest absolute Gasteiger partial charge is 0.344 e. The Hall–Kier alpha value is -7.95. The van der Waals surface area contributed by atoms with Crippen molar-refractivity contribution in [1.29, 1.82) is 0 Å². The molecule has 16 nitrogen and oxygen atoms in total. The molecule has 56 heavy (non-hydrogen) atoms. The van der Waals surface area contributed by atoms with E-state index in [0.717, 1.165) is 47.5 Å². The number of carbonyl (C=O) groups excluding carboxylic acids is 1. The lowest BCUT2D eigenvalue weighted by Gasteiger charge is -2.17. The molecule has 0 aliphatic carbocycles. The van der Waals surface area contributed by atoms with Gasteiger partial charge in [-0.05, 0) is 89.5 Å². The Balaban J connectivity index is 1.06. The Labute approximate surface area is 315 Å². The van der Waals surface area contributed by atoms with E-state index in [0.29, 0.717) is 28.6 Å². The van der Waals surface area contributed by atoms with Crippen LogP contribution in [0.3, 0.4) is 0 Å². The number of rotatable bonds is 14. The highest BCUT2D eigenvalue weighted by Gasteiger charge is 2.25. The molecule has 3 N–H and O–H groups in total. The lowest BCUT2D eigenvalue weighted by molar-refractivity contribution is -0.385. The van der Waals surface area contributed by atoms with Crippen LogP contribution in [0.1, 0.15) is 48.3 Å². The summed E-state index contributed by atoms with van der Waals surface area (Å²) in [4.78, 5) is 61.5. The number of carboxylic acid groups (broad SMARTS) is 2. The fourth-order valence-electron chi connectivity index (χ4n) is 5.53. The van der Waals surface area contributed by atoms with Crippen molar-refractivity contribution >= 4 is 29.3 Å². The highest BCUT2D eigenvalue weighted by atomic mass is 17.1. The Morgan fingerprint density at radius 2 is 0.929 bits per heavy atom. The van der Waals surface area contributed by atoms with Crippen molar-refractivity contribution in [1.82, 2.24) is 0 Å². The van der Waals surface area contributed by atoms with E-state index in [1.165, 1.54) is 36.4 Å². The first kappa shape index (κ1) is 37.8. The van der Waals surface area contributed by atoms with Crippen molar-refractivity contribution in [2.24, 2.45) is 0 Å². The largest absolute Gasteiger partial charge is 0.478 e. The van der Waals surface area contributed by atoms with Crippen LogP contribution in [0.2, 0.25) is 0 Å². The molecule has 0 aliphatic rings. The topological polar surface area (TPSA) is 235 Å². The second kappa shape index (κ2) is 16.4. The van der Waals surface area contributed by atoms with Crippen LogP contribution in [0.5, 0.6) is 28.7 Å². The molecule has 280 valence electrons. The van der Waals surface area contributed by atoms with E-state index >= 15 is 0 Å². The van der Waals surface area contributed by atoms with Crippen molar-refractivity contribution in [2.75, 3.05) is 0 Å². The fourth-order valence-corrected chi connectivity index (χ4v) is 5.53. The predicted molar refractivity (Wildman–Crippen MR) is 196 cm³/mol. The number of esters is 1. The van der Waals surface area contributed by atoms with Crippen LogP contribution in [-0.4, -0.2) is 43.2 Å². The molecule has 6 aromatic rings. The summed E-state index contributed by atoms with van der Waals surface area (Å²) < 4.78 is 17.1. The molecule has 0 fully saturated rings. The summed E-state index contributed by atoms with van der Waals surface area (Å²) >= 11 is 0. The summed E-state index contributed by atoms with van der Waals surface area (Å²) in [6.45, 7) is 0. The van der Waals surface area contributed by atoms with Crippen LogP contribution in [0.4, 0.5) is 11.4 Å². The van der Waals surface area contributed by atoms with Crippen molar-refractivity contribution in [3.05, 3.63) is 182 Å². The van der Waals surface area contributed by atoms with E-state index in [1.807, 2.05) is 24.3 Å². The third-order valence-corrected chi connectivity index (χ3v) is 8.26. The molecule has 16 heteroatoms. The second-order valence-corrected chi connectivity index (χ2v) is 11.8. The zero-order valence-electron chi connectivity index (χ0n) is 28.5. The van der Waals surface area contributed by atoms with Gasteiger partial charge in [0.2, 0.25) is 0 Å². The Morgan fingerprint density at radius 1 is 0.518 bits per heavy atom. The van der Waals surface area contributed by atoms with E-state index in [-0.39, 0.29) is 22.6 Å². The van der Waals surface area contributed by atoms with Gasteiger partial charge in [0.25, 0.3) is 11.4 Å². The summed E-state index contributed by atoms with van der Waals surface area (Å²) in [5, 5.41) is 51.0. The molecule has 0 heterocycles. The molecule has 0 amide bonds. The molecule has 0 saturated heterocycles. The number of nitro benzene ring substituents is 2. The van der Waals surface area contributed by atoms with Crippen molar-refractivity contribution in [3.8, 4) is 39.9 Å². The first-order chi connectivity index (χ1) is 26.9. The maximum atomic E-state index is 12.7. The van der Waals surface area contributed by atoms with E-state index in [2.05, 4.69) is 4.89 Å². The minimum atomic E-state index is -1.44. The molecule has 1 unspecified atom stereocenters. The molecule has 0 aromatic heterocycles. The number of carbonyl (C=O) groups is 3. The van der Waals surface area contributed by atoms with Gasteiger partial charge in [-0.15, -0.1) is 0 Å². The highest BCUT2D eigenvalue weighted by Crippen LogP contribution is 2.34. The van der Waals surface area contributed by atoms with Gasteiger partial charge < -0.3 is 24.4 Å². The monoisotopic (exact) mass is 758 g/mol. The average Bonchev–Trinajstić information content (AvgIpc) is 3.19. The summed E-state index contributed by atoms with van der Waals surface area (Å²) in [7, 11) is 0. The molecule has 0 spiro atoms. The molecule has 6 aromatic carbocycles. The van der Waals surface area contributed by atoms with E-state index in [1.54, 1.807) is 36.4 Å². The van der Waals surface area contributed by atoms with Gasteiger partial charge in [-0.3, -0.25) is 25.5 Å². The van der Waals surface area contributed by atoms with E-state index < -0.39 is 50.7 Å². The van der Waals surface area contributed by atoms with Crippen LogP contribution >= 0.6 is 0 Å². The summed E-state index contributed by atoms with van der Waals surface area (Å²) in [6.07, 6.45) is -1.32. The predicted octanol–water partition coefficient (Wildman–Crippen LogP) is 8.95. The van der Waals surface area contributed by atoms with Gasteiger partial charge in [0, 0.05) is 29.8 Å². The quantitative estimate of drug-likeness (QED) is 0.0309. The van der Waals surface area contributed by atoms with Gasteiger partial charge in [0.1, 0.15) is 34.9 Å². The molecule has 1 atom stereocenters. The second-order valence-electron chi connectivity index (χ2n) is 11.8. The third-order valence-electron chi connectivity index (χ3n) is 8.26. The lowest BCUT2D eigenvalue weighted by atomic mass is 9.96. The third kappa shape index (κ3) is 8.63. The zero-order valence-corrected chi connectivity index (χ0v) is 28.5. The van der Waals surface area contributed by atoms with Crippen LogP contribution in [0.15, 0.2) is 133 Å². The van der Waals surface area contributed by atoms with E-state index in [4.69, 9.17) is 14.2 Å². The zero-order chi connectivity index (χ0) is 39.9. The van der Waals surface area contributed by atoms with Crippen LogP contribution in [0, 0.1) is 20.2 Å². The SMILES string of the molecule is O=C(O)c1ccc([N+](=O)[O-])cc1C(=O)Oc1ccc(Oc2ccc(-c3ccc(Oc4ccc(C(OO)c5cc([N+](=O)[O-])ccc5C(=O)O)cc4)cc3)cc2)cc1. The minimum Gasteiger partial charge on any atom is -0.478 e. The number of nitrogens with zero attached hydrogens (tertiary/aromatic N) is 2. The number of ether oxygens (including phenoxy) is 3. The number of hydrogen-bond donors (Lipinski definition) is 3.